The minimum absolute atomic E-state index is 0.0865. The van der Waals surface area contributed by atoms with Gasteiger partial charge in [0, 0.05) is 6.42 Å². The van der Waals surface area contributed by atoms with E-state index in [1.807, 2.05) is 0 Å². The standard InChI is InChI=1S/C14H19NO5S/c1-2-8-21(19,20)10-13(16)15-12(14(17)18)9-11-6-4-3-5-7-11/h3-7,12H,2,8-10H2,1H3,(H,15,16)(H,17,18)/t12-/m0/s1. The van der Waals surface area contributed by atoms with Gasteiger partial charge in [-0.2, -0.15) is 0 Å². The van der Waals surface area contributed by atoms with Crippen LogP contribution in [-0.4, -0.2) is 42.9 Å². The second-order valence-electron chi connectivity index (χ2n) is 4.74. The highest BCUT2D eigenvalue weighted by molar-refractivity contribution is 7.92. The monoisotopic (exact) mass is 313 g/mol. The summed E-state index contributed by atoms with van der Waals surface area (Å²) >= 11 is 0. The van der Waals surface area contributed by atoms with Gasteiger partial charge in [-0.05, 0) is 12.0 Å². The van der Waals surface area contributed by atoms with Crippen molar-refractivity contribution < 1.29 is 23.1 Å². The van der Waals surface area contributed by atoms with Crippen LogP contribution in [0.2, 0.25) is 0 Å². The summed E-state index contributed by atoms with van der Waals surface area (Å²) in [5.74, 6) is -2.75. The Balaban J connectivity index is 2.67. The first kappa shape index (κ1) is 17.2. The molecule has 0 bridgehead atoms. The molecule has 2 N–H and O–H groups in total. The molecule has 21 heavy (non-hydrogen) atoms. The summed E-state index contributed by atoms with van der Waals surface area (Å²) in [5, 5.41) is 11.4. The molecule has 0 aliphatic carbocycles. The first-order chi connectivity index (χ1) is 9.84. The molecule has 0 fully saturated rings. The normalized spacial score (nSPS) is 12.6. The average Bonchev–Trinajstić information content (AvgIpc) is 2.38. The summed E-state index contributed by atoms with van der Waals surface area (Å²) in [4.78, 5) is 22.9. The molecule has 116 valence electrons. The lowest BCUT2D eigenvalue weighted by molar-refractivity contribution is -0.141. The molecule has 0 aliphatic heterocycles. The predicted molar refractivity (Wildman–Crippen MR) is 78.7 cm³/mol. The molecular formula is C14H19NO5S. The molecule has 1 rings (SSSR count). The summed E-state index contributed by atoms with van der Waals surface area (Å²) in [6.45, 7) is 1.70. The molecule has 0 spiro atoms. The van der Waals surface area contributed by atoms with Crippen molar-refractivity contribution in [2.75, 3.05) is 11.5 Å². The van der Waals surface area contributed by atoms with Crippen LogP contribution in [0.25, 0.3) is 0 Å². The lowest BCUT2D eigenvalue weighted by Gasteiger charge is -2.14. The van der Waals surface area contributed by atoms with Crippen molar-refractivity contribution >= 4 is 21.7 Å². The zero-order chi connectivity index (χ0) is 15.9. The third-order valence-corrected chi connectivity index (χ3v) is 4.51. The second kappa shape index (κ2) is 7.78. The number of benzene rings is 1. The van der Waals surface area contributed by atoms with E-state index in [-0.39, 0.29) is 12.2 Å². The summed E-state index contributed by atoms with van der Waals surface area (Å²) in [6.07, 6.45) is 0.526. The highest BCUT2D eigenvalue weighted by atomic mass is 32.2. The van der Waals surface area contributed by atoms with Crippen molar-refractivity contribution in [3.8, 4) is 0 Å². The third-order valence-electron chi connectivity index (χ3n) is 2.78. The van der Waals surface area contributed by atoms with E-state index >= 15 is 0 Å². The maximum Gasteiger partial charge on any atom is 0.326 e. The van der Waals surface area contributed by atoms with Gasteiger partial charge in [0.2, 0.25) is 5.91 Å². The van der Waals surface area contributed by atoms with Crippen LogP contribution in [0.1, 0.15) is 18.9 Å². The second-order valence-corrected chi connectivity index (χ2v) is 6.92. The lowest BCUT2D eigenvalue weighted by Crippen LogP contribution is -2.44. The van der Waals surface area contributed by atoms with Gasteiger partial charge in [0.15, 0.2) is 9.84 Å². The number of carboxylic acids is 1. The first-order valence-electron chi connectivity index (χ1n) is 6.60. The van der Waals surface area contributed by atoms with Crippen LogP contribution < -0.4 is 5.32 Å². The van der Waals surface area contributed by atoms with E-state index in [0.717, 1.165) is 5.56 Å². The van der Waals surface area contributed by atoms with Gasteiger partial charge in [-0.15, -0.1) is 0 Å². The fraction of sp³-hybridized carbons (Fsp3) is 0.429. The van der Waals surface area contributed by atoms with E-state index in [9.17, 15) is 18.0 Å². The minimum Gasteiger partial charge on any atom is -0.480 e. The largest absolute Gasteiger partial charge is 0.480 e. The van der Waals surface area contributed by atoms with Crippen molar-refractivity contribution in [2.45, 2.75) is 25.8 Å². The Morgan fingerprint density at radius 3 is 2.38 bits per heavy atom. The van der Waals surface area contributed by atoms with Crippen molar-refractivity contribution in [1.82, 2.24) is 5.32 Å². The number of carbonyl (C=O) groups excluding carboxylic acids is 1. The van der Waals surface area contributed by atoms with Crippen molar-refractivity contribution in [3.05, 3.63) is 35.9 Å². The molecule has 0 aliphatic rings. The summed E-state index contributed by atoms with van der Waals surface area (Å²) in [5.41, 5.74) is 0.751. The smallest absolute Gasteiger partial charge is 0.326 e. The highest BCUT2D eigenvalue weighted by Gasteiger charge is 2.23. The highest BCUT2D eigenvalue weighted by Crippen LogP contribution is 2.04. The number of amides is 1. The number of hydrogen-bond donors (Lipinski definition) is 2. The van der Waals surface area contributed by atoms with E-state index < -0.39 is 33.5 Å². The molecular weight excluding hydrogens is 294 g/mol. The molecule has 0 saturated carbocycles. The number of carbonyl (C=O) groups is 2. The number of sulfone groups is 1. The Morgan fingerprint density at radius 2 is 1.86 bits per heavy atom. The fourth-order valence-electron chi connectivity index (χ4n) is 1.87. The van der Waals surface area contributed by atoms with Crippen LogP contribution in [0.3, 0.4) is 0 Å². The Labute approximate surface area is 124 Å². The van der Waals surface area contributed by atoms with Gasteiger partial charge >= 0.3 is 5.97 Å². The van der Waals surface area contributed by atoms with Gasteiger partial charge in [0.25, 0.3) is 0 Å². The van der Waals surface area contributed by atoms with Crippen LogP contribution in [0.15, 0.2) is 30.3 Å². The van der Waals surface area contributed by atoms with Crippen LogP contribution in [0.4, 0.5) is 0 Å². The molecule has 0 radical (unpaired) electrons. The van der Waals surface area contributed by atoms with Gasteiger partial charge in [0.1, 0.15) is 11.8 Å². The van der Waals surface area contributed by atoms with Gasteiger partial charge in [-0.3, -0.25) is 4.79 Å². The molecule has 1 aromatic carbocycles. The van der Waals surface area contributed by atoms with Gasteiger partial charge in [-0.1, -0.05) is 37.3 Å². The molecule has 0 aromatic heterocycles. The zero-order valence-electron chi connectivity index (χ0n) is 11.8. The summed E-state index contributed by atoms with van der Waals surface area (Å²) in [6, 6.07) is 7.68. The molecule has 0 heterocycles. The number of carboxylic acid groups (broad SMARTS) is 1. The Kier molecular flexibility index (Phi) is 6.36. The van der Waals surface area contributed by atoms with Crippen LogP contribution >= 0.6 is 0 Å². The topological polar surface area (TPSA) is 101 Å². The fourth-order valence-corrected chi connectivity index (χ4v) is 3.12. The lowest BCUT2D eigenvalue weighted by atomic mass is 10.1. The molecule has 1 aromatic rings. The number of rotatable bonds is 8. The third kappa shape index (κ3) is 6.40. The average molecular weight is 313 g/mol. The molecule has 1 atom stereocenters. The van der Waals surface area contributed by atoms with Gasteiger partial charge < -0.3 is 10.4 Å². The minimum atomic E-state index is -3.48. The van der Waals surface area contributed by atoms with Crippen molar-refractivity contribution in [3.63, 3.8) is 0 Å². The van der Waals surface area contributed by atoms with Crippen LogP contribution in [0, 0.1) is 0 Å². The van der Waals surface area contributed by atoms with E-state index in [1.54, 1.807) is 37.3 Å². The van der Waals surface area contributed by atoms with E-state index in [1.165, 1.54) is 0 Å². The van der Waals surface area contributed by atoms with Crippen molar-refractivity contribution in [2.24, 2.45) is 0 Å². The SMILES string of the molecule is CCCS(=O)(=O)CC(=O)N[C@@H](Cc1ccccc1)C(=O)O. The zero-order valence-corrected chi connectivity index (χ0v) is 12.6. The Morgan fingerprint density at radius 1 is 1.24 bits per heavy atom. The van der Waals surface area contributed by atoms with E-state index in [2.05, 4.69) is 5.32 Å². The Hall–Kier alpha value is -1.89. The van der Waals surface area contributed by atoms with Crippen LogP contribution in [0.5, 0.6) is 0 Å². The number of aliphatic carboxylic acids is 1. The summed E-state index contributed by atoms with van der Waals surface area (Å²) < 4.78 is 23.1. The van der Waals surface area contributed by atoms with Gasteiger partial charge in [-0.25, -0.2) is 13.2 Å². The van der Waals surface area contributed by atoms with E-state index in [0.29, 0.717) is 6.42 Å². The maximum atomic E-state index is 11.7. The Bertz CT molecular complexity index is 583. The molecule has 1 amide bonds. The number of hydrogen-bond acceptors (Lipinski definition) is 4. The summed E-state index contributed by atoms with van der Waals surface area (Å²) in [7, 11) is -3.48. The molecule has 7 heteroatoms. The van der Waals surface area contributed by atoms with Crippen LogP contribution in [-0.2, 0) is 25.8 Å². The first-order valence-corrected chi connectivity index (χ1v) is 8.42. The van der Waals surface area contributed by atoms with Crippen molar-refractivity contribution in [1.29, 1.82) is 0 Å². The number of nitrogens with one attached hydrogen (secondary N) is 1. The predicted octanol–water partition coefficient (Wildman–Crippen LogP) is 0.623. The quantitative estimate of drug-likeness (QED) is 0.733. The molecule has 0 unspecified atom stereocenters. The van der Waals surface area contributed by atoms with E-state index in [4.69, 9.17) is 5.11 Å². The molecule has 0 saturated heterocycles. The van der Waals surface area contributed by atoms with Gasteiger partial charge in [0.05, 0.1) is 5.75 Å². The molecule has 6 nitrogen and oxygen atoms in total. The maximum absolute atomic E-state index is 11.7.